The number of hydrogen-bond donors (Lipinski definition) is 2. The maximum Gasteiger partial charge on any atom is 0.202 e. The van der Waals surface area contributed by atoms with Gasteiger partial charge in [-0.2, -0.15) is 0 Å². The average Bonchev–Trinajstić information content (AvgIpc) is 3.15. The molecule has 6 nitrogen and oxygen atoms in total. The minimum atomic E-state index is -0.355. The van der Waals surface area contributed by atoms with Crippen LogP contribution >= 0.6 is 0 Å². The molecule has 2 aromatic heterocycles. The maximum atomic E-state index is 5.50. The molecule has 132 valence electrons. The lowest BCUT2D eigenvalue weighted by Gasteiger charge is -2.13. The summed E-state index contributed by atoms with van der Waals surface area (Å²) in [7, 11) is 0. The van der Waals surface area contributed by atoms with Crippen molar-refractivity contribution in [1.82, 2.24) is 15.4 Å². The van der Waals surface area contributed by atoms with E-state index in [0.717, 1.165) is 44.6 Å². The number of fused-ring (bicyclic) bond motifs is 3. The second-order valence-electron chi connectivity index (χ2n) is 6.44. The second kappa shape index (κ2) is 6.34. The minimum Gasteiger partial charge on any atom is -0.340 e. The summed E-state index contributed by atoms with van der Waals surface area (Å²) in [4.78, 5) is 19.1. The average molecular weight is 355 g/mol. The van der Waals surface area contributed by atoms with Crippen LogP contribution in [0.25, 0.3) is 21.7 Å². The van der Waals surface area contributed by atoms with Gasteiger partial charge in [0.1, 0.15) is 11.7 Å². The molecular formula is C21H17N5O. The van der Waals surface area contributed by atoms with Crippen LogP contribution in [0, 0.1) is 0 Å². The molecule has 0 radical (unpaired) electrons. The number of anilines is 2. The maximum absolute atomic E-state index is 5.50. The number of hydrogen-bond acceptors (Lipinski definition) is 6. The minimum absolute atomic E-state index is 0.355. The summed E-state index contributed by atoms with van der Waals surface area (Å²) < 4.78 is 0. The Labute approximate surface area is 155 Å². The lowest BCUT2D eigenvalue weighted by atomic mass is 10.0. The number of amidine groups is 1. The molecule has 0 saturated carbocycles. The van der Waals surface area contributed by atoms with Crippen LogP contribution in [0.2, 0.25) is 0 Å². The van der Waals surface area contributed by atoms with Crippen LogP contribution in [0.5, 0.6) is 0 Å². The van der Waals surface area contributed by atoms with Gasteiger partial charge in [-0.1, -0.05) is 30.3 Å². The zero-order valence-corrected chi connectivity index (χ0v) is 14.7. The molecule has 1 atom stereocenters. The Morgan fingerprint density at radius 2 is 1.89 bits per heavy atom. The third-order valence-electron chi connectivity index (χ3n) is 4.57. The van der Waals surface area contributed by atoms with Gasteiger partial charge < -0.3 is 5.32 Å². The predicted molar refractivity (Wildman–Crippen MR) is 107 cm³/mol. The number of aromatic nitrogens is 2. The van der Waals surface area contributed by atoms with Crippen molar-refractivity contribution in [3.05, 3.63) is 72.6 Å². The first-order chi connectivity index (χ1) is 13.3. The topological polar surface area (TPSA) is 71.4 Å². The van der Waals surface area contributed by atoms with Crippen LogP contribution in [0.15, 0.2) is 72.0 Å². The molecule has 0 aliphatic carbocycles. The number of benzene rings is 2. The van der Waals surface area contributed by atoms with Gasteiger partial charge in [-0.15, -0.1) is 0 Å². The van der Waals surface area contributed by atoms with Gasteiger partial charge in [0.25, 0.3) is 0 Å². The van der Waals surface area contributed by atoms with Gasteiger partial charge in [-0.25, -0.2) is 14.8 Å². The van der Waals surface area contributed by atoms with E-state index in [1.165, 1.54) is 0 Å². The lowest BCUT2D eigenvalue weighted by Crippen LogP contribution is -2.12. The number of pyridine rings is 2. The molecule has 0 fully saturated rings. The third-order valence-corrected chi connectivity index (χ3v) is 4.57. The Balaban J connectivity index is 1.68. The van der Waals surface area contributed by atoms with Gasteiger partial charge in [0.05, 0.1) is 5.52 Å². The number of hydroxylamine groups is 1. The van der Waals surface area contributed by atoms with Crippen molar-refractivity contribution in [2.45, 2.75) is 13.2 Å². The fraction of sp³-hybridized carbons (Fsp3) is 0.0952. The Hall–Kier alpha value is -3.51. The summed E-state index contributed by atoms with van der Waals surface area (Å²) in [5, 5.41) is 6.56. The number of para-hydroxylation sites is 1. The fourth-order valence-corrected chi connectivity index (χ4v) is 3.28. The SMILES string of the molecule is CC1=NC(c2ccc3c(c2)nc(Nc2ccccc2)c2ccncc23)ON1. The van der Waals surface area contributed by atoms with Crippen LogP contribution in [0.1, 0.15) is 18.7 Å². The van der Waals surface area contributed by atoms with Crippen molar-refractivity contribution < 1.29 is 4.84 Å². The van der Waals surface area contributed by atoms with Gasteiger partial charge in [0.2, 0.25) is 6.23 Å². The van der Waals surface area contributed by atoms with E-state index >= 15 is 0 Å². The van der Waals surface area contributed by atoms with Crippen LogP contribution in [-0.2, 0) is 4.84 Å². The molecule has 2 aromatic carbocycles. The van der Waals surface area contributed by atoms with Crippen LogP contribution in [0.4, 0.5) is 11.5 Å². The van der Waals surface area contributed by atoms with Crippen molar-refractivity contribution in [2.24, 2.45) is 4.99 Å². The van der Waals surface area contributed by atoms with Gasteiger partial charge in [-0.05, 0) is 31.2 Å². The van der Waals surface area contributed by atoms with E-state index in [9.17, 15) is 0 Å². The zero-order chi connectivity index (χ0) is 18.2. The molecule has 3 heterocycles. The molecule has 0 saturated heterocycles. The monoisotopic (exact) mass is 355 g/mol. The van der Waals surface area contributed by atoms with E-state index in [0.29, 0.717) is 0 Å². The number of nitrogens with zero attached hydrogens (tertiary/aromatic N) is 3. The number of aliphatic imine (C=N–C) groups is 1. The van der Waals surface area contributed by atoms with Crippen LogP contribution < -0.4 is 10.8 Å². The fourth-order valence-electron chi connectivity index (χ4n) is 3.28. The molecule has 1 unspecified atom stereocenters. The Morgan fingerprint density at radius 1 is 1.00 bits per heavy atom. The van der Waals surface area contributed by atoms with Crippen LogP contribution in [-0.4, -0.2) is 15.8 Å². The first-order valence-electron chi connectivity index (χ1n) is 8.73. The molecule has 0 amide bonds. The summed E-state index contributed by atoms with van der Waals surface area (Å²) in [5.74, 6) is 1.57. The summed E-state index contributed by atoms with van der Waals surface area (Å²) in [5.41, 5.74) is 5.61. The molecule has 1 aliphatic heterocycles. The predicted octanol–water partition coefficient (Wildman–Crippen LogP) is 4.48. The lowest BCUT2D eigenvalue weighted by molar-refractivity contribution is 0.0375. The summed E-state index contributed by atoms with van der Waals surface area (Å²) in [6, 6.07) is 18.1. The summed E-state index contributed by atoms with van der Waals surface area (Å²) >= 11 is 0. The molecule has 1 aliphatic rings. The van der Waals surface area contributed by atoms with Crippen LogP contribution in [0.3, 0.4) is 0 Å². The molecule has 2 N–H and O–H groups in total. The molecule has 27 heavy (non-hydrogen) atoms. The Kier molecular flexibility index (Phi) is 3.69. The van der Waals surface area contributed by atoms with E-state index in [-0.39, 0.29) is 6.23 Å². The second-order valence-corrected chi connectivity index (χ2v) is 6.44. The normalized spacial score (nSPS) is 16.3. The standard InChI is InChI=1S/C21H17N5O/c1-13-23-21(27-26-13)14-7-8-16-18-12-22-10-9-17(18)20(25-19(16)11-14)24-15-5-3-2-4-6-15/h2-12,21H,1H3,(H,23,26)(H,24,25). The largest absolute Gasteiger partial charge is 0.340 e. The molecule has 0 spiro atoms. The number of nitrogens with one attached hydrogen (secondary N) is 2. The van der Waals surface area contributed by atoms with E-state index < -0.39 is 0 Å². The molecule has 6 heteroatoms. The summed E-state index contributed by atoms with van der Waals surface area (Å²) in [6.07, 6.45) is 3.31. The molecule has 5 rings (SSSR count). The van der Waals surface area contributed by atoms with Crippen molar-refractivity contribution in [3.8, 4) is 0 Å². The smallest absolute Gasteiger partial charge is 0.202 e. The first-order valence-corrected chi connectivity index (χ1v) is 8.73. The highest BCUT2D eigenvalue weighted by Crippen LogP contribution is 2.32. The highest BCUT2D eigenvalue weighted by molar-refractivity contribution is 6.10. The first kappa shape index (κ1) is 15.7. The third kappa shape index (κ3) is 2.86. The van der Waals surface area contributed by atoms with E-state index in [4.69, 9.17) is 9.82 Å². The zero-order valence-electron chi connectivity index (χ0n) is 14.7. The van der Waals surface area contributed by atoms with Gasteiger partial charge >= 0.3 is 0 Å². The summed E-state index contributed by atoms with van der Waals surface area (Å²) in [6.45, 7) is 1.88. The molecule has 4 aromatic rings. The molecule has 0 bridgehead atoms. The van der Waals surface area contributed by atoms with Crippen molar-refractivity contribution in [1.29, 1.82) is 0 Å². The van der Waals surface area contributed by atoms with Gasteiger partial charge in [0, 0.05) is 39.8 Å². The van der Waals surface area contributed by atoms with E-state index in [1.807, 2.05) is 61.7 Å². The number of rotatable bonds is 3. The van der Waals surface area contributed by atoms with E-state index in [2.05, 4.69) is 26.8 Å². The quantitative estimate of drug-likeness (QED) is 0.530. The van der Waals surface area contributed by atoms with Crippen molar-refractivity contribution in [3.63, 3.8) is 0 Å². The highest BCUT2D eigenvalue weighted by Gasteiger charge is 2.18. The highest BCUT2D eigenvalue weighted by atomic mass is 16.7. The van der Waals surface area contributed by atoms with Gasteiger partial charge in [0.15, 0.2) is 0 Å². The Morgan fingerprint density at radius 3 is 2.70 bits per heavy atom. The Bertz CT molecular complexity index is 1170. The van der Waals surface area contributed by atoms with Crippen molar-refractivity contribution in [2.75, 3.05) is 5.32 Å². The molecular weight excluding hydrogens is 338 g/mol. The van der Waals surface area contributed by atoms with E-state index in [1.54, 1.807) is 6.20 Å². The van der Waals surface area contributed by atoms with Crippen molar-refractivity contribution >= 4 is 39.0 Å². The van der Waals surface area contributed by atoms with Gasteiger partial charge in [-0.3, -0.25) is 10.5 Å².